The first-order chi connectivity index (χ1) is 19.3. The van der Waals surface area contributed by atoms with Crippen LogP contribution in [0.25, 0.3) is 11.2 Å². The molecule has 0 aliphatic carbocycles. The molecule has 0 spiro atoms. The molecule has 0 radical (unpaired) electrons. The van der Waals surface area contributed by atoms with E-state index in [-0.39, 0.29) is 35.3 Å². The smallest absolute Gasteiger partial charge is 0.459 e. The third-order valence-corrected chi connectivity index (χ3v) is 7.81. The number of nitrogens with one attached hydrogen (secondary N) is 1. The Hall–Kier alpha value is -3.07. The molecule has 4 rings (SSSR count). The fourth-order valence-corrected chi connectivity index (χ4v) is 5.73. The number of hydrogen-bond donors (Lipinski definition) is 3. The summed E-state index contributed by atoms with van der Waals surface area (Å²) >= 11 is 6.14. The van der Waals surface area contributed by atoms with Crippen molar-refractivity contribution in [3.8, 4) is 11.6 Å². The second-order valence-electron chi connectivity index (χ2n) is 9.32. The zero-order chi connectivity index (χ0) is 29.9. The number of aliphatic hydroxyl groups is 1. The van der Waals surface area contributed by atoms with E-state index in [1.54, 1.807) is 39.0 Å². The van der Waals surface area contributed by atoms with Gasteiger partial charge in [0.25, 0.3) is 5.13 Å². The number of aromatic nitrogens is 4. The second-order valence-corrected chi connectivity index (χ2v) is 11.6. The highest BCUT2D eigenvalue weighted by Crippen LogP contribution is 2.49. The van der Waals surface area contributed by atoms with Gasteiger partial charge < -0.3 is 29.6 Å². The minimum Gasteiger partial charge on any atom is -0.476 e. The Balaban J connectivity index is 1.56. The minimum absolute atomic E-state index is 0.0413. The molecule has 17 heteroatoms. The highest BCUT2D eigenvalue weighted by Gasteiger charge is 2.58. The number of aliphatic hydroxyl groups excluding tert-OH is 1. The third kappa shape index (κ3) is 6.88. The Morgan fingerprint density at radius 3 is 2.68 bits per heavy atom. The average Bonchev–Trinajstić information content (AvgIpc) is 3.41. The minimum atomic E-state index is -4.34. The van der Waals surface area contributed by atoms with Gasteiger partial charge in [-0.1, -0.05) is 29.8 Å². The van der Waals surface area contributed by atoms with Crippen molar-refractivity contribution in [2.45, 2.75) is 63.4 Å². The van der Waals surface area contributed by atoms with Crippen LogP contribution in [0.4, 0.5) is 10.3 Å². The molecule has 1 aliphatic heterocycles. The second kappa shape index (κ2) is 12.4. The molecule has 3 aromatic rings. The third-order valence-electron chi connectivity index (χ3n) is 5.75. The number of carbonyl (C=O) groups excluding carboxylic acids is 1. The van der Waals surface area contributed by atoms with Crippen molar-refractivity contribution in [1.82, 2.24) is 24.6 Å². The summed E-state index contributed by atoms with van der Waals surface area (Å²) in [4.78, 5) is 24.6. The van der Waals surface area contributed by atoms with Gasteiger partial charge in [0.2, 0.25) is 11.8 Å². The summed E-state index contributed by atoms with van der Waals surface area (Å²) in [6.07, 6.45) is -4.31. The van der Waals surface area contributed by atoms with Crippen LogP contribution in [0.2, 0.25) is 0 Å². The fourth-order valence-electron chi connectivity index (χ4n) is 3.93. The molecule has 0 unspecified atom stereocenters. The van der Waals surface area contributed by atoms with Gasteiger partial charge in [0, 0.05) is 0 Å². The van der Waals surface area contributed by atoms with Crippen LogP contribution in [0.5, 0.6) is 11.6 Å². The van der Waals surface area contributed by atoms with Crippen LogP contribution in [0, 0.1) is 0 Å². The van der Waals surface area contributed by atoms with Gasteiger partial charge in [0.05, 0.1) is 25.6 Å². The number of ether oxygens (including phenoxy) is 3. The number of rotatable bonds is 12. The first-order valence-corrected chi connectivity index (χ1v) is 14.6. The number of para-hydroxylation sites is 1. The van der Waals surface area contributed by atoms with Crippen LogP contribution in [0.15, 0.2) is 36.7 Å². The molecular formula is C24H31ClFN6O8P. The summed E-state index contributed by atoms with van der Waals surface area (Å²) in [5, 5.41) is 10.4. The summed E-state index contributed by atoms with van der Waals surface area (Å²) < 4.78 is 58.1. The van der Waals surface area contributed by atoms with Crippen LogP contribution in [-0.4, -0.2) is 73.3 Å². The van der Waals surface area contributed by atoms with Crippen molar-refractivity contribution >= 4 is 42.4 Å². The van der Waals surface area contributed by atoms with E-state index in [0.29, 0.717) is 0 Å². The van der Waals surface area contributed by atoms with Crippen molar-refractivity contribution in [1.29, 1.82) is 0 Å². The zero-order valence-corrected chi connectivity index (χ0v) is 24.3. The molecule has 1 saturated heterocycles. The van der Waals surface area contributed by atoms with Crippen LogP contribution >= 0.6 is 19.3 Å². The SMILES string of the molecule is CCOc1nc(N)nc2c1ncn2[C@@H]1O[C@H](CO[P@@](=O)(N[C@@H](C)C(=O)OC(C)C)Oc2ccccc2)[C@@H](O)[C@]1(F)Cl. The van der Waals surface area contributed by atoms with E-state index in [0.717, 1.165) is 4.57 Å². The van der Waals surface area contributed by atoms with E-state index >= 15 is 4.39 Å². The Morgan fingerprint density at radius 2 is 2.02 bits per heavy atom. The highest BCUT2D eigenvalue weighted by molar-refractivity contribution is 7.52. The molecule has 1 fully saturated rings. The van der Waals surface area contributed by atoms with E-state index in [1.807, 2.05) is 0 Å². The molecule has 224 valence electrons. The summed E-state index contributed by atoms with van der Waals surface area (Å²) in [6.45, 7) is 6.06. The van der Waals surface area contributed by atoms with Crippen LogP contribution in [-0.2, 0) is 23.4 Å². The lowest BCUT2D eigenvalue weighted by molar-refractivity contribution is -0.149. The van der Waals surface area contributed by atoms with E-state index in [2.05, 4.69) is 20.0 Å². The summed E-state index contributed by atoms with van der Waals surface area (Å²) in [6, 6.07) is 6.91. The Labute approximate surface area is 239 Å². The van der Waals surface area contributed by atoms with Crippen LogP contribution in [0.3, 0.4) is 0 Å². The van der Waals surface area contributed by atoms with Gasteiger partial charge in [-0.15, -0.1) is 0 Å². The summed E-state index contributed by atoms with van der Waals surface area (Å²) in [7, 11) is -4.34. The molecule has 41 heavy (non-hydrogen) atoms. The predicted octanol–water partition coefficient (Wildman–Crippen LogP) is 3.10. The van der Waals surface area contributed by atoms with E-state index in [9.17, 15) is 14.5 Å². The monoisotopic (exact) mass is 616 g/mol. The van der Waals surface area contributed by atoms with Gasteiger partial charge in [-0.2, -0.15) is 15.1 Å². The lowest BCUT2D eigenvalue weighted by Gasteiger charge is -2.25. The number of esters is 1. The topological polar surface area (TPSA) is 182 Å². The van der Waals surface area contributed by atoms with Gasteiger partial charge in [-0.25, -0.2) is 13.9 Å². The predicted molar refractivity (Wildman–Crippen MR) is 145 cm³/mol. The molecule has 14 nitrogen and oxygen atoms in total. The number of nitrogen functional groups attached to an aromatic ring is 1. The summed E-state index contributed by atoms with van der Waals surface area (Å²) in [5.74, 6) is -0.652. The maximum atomic E-state index is 15.8. The van der Waals surface area contributed by atoms with Crippen molar-refractivity contribution in [3.63, 3.8) is 0 Å². The standard InChI is InChI=1S/C24H31ClFN6O8P/c1-5-36-20-17-19(29-23(27)30-20)32(12-28-17)22-24(25,26)18(33)16(39-22)11-37-41(35,40-15-9-7-6-8-10-15)31-14(4)21(34)38-13(2)3/h6-10,12-14,16,18,22,33H,5,11H2,1-4H3,(H,31,35)(H2,27,29,30)/t14-,16+,18+,22+,24+,41-/m0/s1. The van der Waals surface area contributed by atoms with Gasteiger partial charge in [0.15, 0.2) is 17.4 Å². The van der Waals surface area contributed by atoms with Crippen molar-refractivity contribution in [2.24, 2.45) is 0 Å². The lowest BCUT2D eigenvalue weighted by Crippen LogP contribution is -2.40. The number of carbonyl (C=O) groups is 1. The number of halogens is 2. The number of nitrogens with two attached hydrogens (primary N) is 1. The van der Waals surface area contributed by atoms with Gasteiger partial charge in [-0.05, 0) is 39.8 Å². The molecular weight excluding hydrogens is 586 g/mol. The maximum Gasteiger partial charge on any atom is 0.459 e. The number of alkyl halides is 2. The van der Waals surface area contributed by atoms with Crippen molar-refractivity contribution < 1.29 is 42.1 Å². The number of nitrogens with zero attached hydrogens (tertiary/aromatic N) is 4. The molecule has 4 N–H and O–H groups in total. The fraction of sp³-hybridized carbons (Fsp3) is 0.500. The molecule has 0 bridgehead atoms. The normalized spacial score (nSPS) is 24.7. The first-order valence-electron chi connectivity index (χ1n) is 12.7. The van der Waals surface area contributed by atoms with Crippen LogP contribution in [0.1, 0.15) is 33.9 Å². The highest BCUT2D eigenvalue weighted by atomic mass is 35.5. The quantitative estimate of drug-likeness (QED) is 0.153. The molecule has 2 aromatic heterocycles. The van der Waals surface area contributed by atoms with E-state index < -0.39 is 56.0 Å². The lowest BCUT2D eigenvalue weighted by atomic mass is 10.1. The molecule has 3 heterocycles. The zero-order valence-electron chi connectivity index (χ0n) is 22.6. The Kier molecular flexibility index (Phi) is 9.36. The van der Waals surface area contributed by atoms with Gasteiger partial charge >= 0.3 is 13.7 Å². The van der Waals surface area contributed by atoms with Crippen LogP contribution < -0.4 is 20.1 Å². The molecule has 1 aliphatic rings. The Morgan fingerprint density at radius 1 is 1.32 bits per heavy atom. The number of fused-ring (bicyclic) bond motifs is 1. The van der Waals surface area contributed by atoms with Gasteiger partial charge in [-0.3, -0.25) is 13.9 Å². The van der Waals surface area contributed by atoms with Gasteiger partial charge in [0.1, 0.15) is 24.0 Å². The maximum absolute atomic E-state index is 15.8. The molecule has 0 amide bonds. The molecule has 6 atom stereocenters. The number of anilines is 1. The Bertz CT molecular complexity index is 1410. The number of imidazole rings is 1. The van der Waals surface area contributed by atoms with Crippen molar-refractivity contribution in [3.05, 3.63) is 36.7 Å². The summed E-state index contributed by atoms with van der Waals surface area (Å²) in [5.41, 5.74) is 5.99. The average molecular weight is 617 g/mol. The molecule has 1 aromatic carbocycles. The largest absolute Gasteiger partial charge is 0.476 e. The molecule has 0 saturated carbocycles. The van der Waals surface area contributed by atoms with Crippen molar-refractivity contribution in [2.75, 3.05) is 18.9 Å². The first kappa shape index (κ1) is 30.9. The number of benzene rings is 1. The number of hydrogen-bond acceptors (Lipinski definition) is 12. The van der Waals surface area contributed by atoms with E-state index in [4.69, 9.17) is 40.6 Å². The van der Waals surface area contributed by atoms with E-state index in [1.165, 1.54) is 25.4 Å².